The molecule has 1 N–H and O–H groups in total. The Bertz CT molecular complexity index is 400. The Morgan fingerprint density at radius 1 is 1.32 bits per heavy atom. The Morgan fingerprint density at radius 3 is 2.63 bits per heavy atom. The fraction of sp³-hybridized carbons (Fsp3) is 0.733. The summed E-state index contributed by atoms with van der Waals surface area (Å²) in [5.41, 5.74) is -0.343. The number of allylic oxidation sites excluding steroid dienone is 2. The lowest BCUT2D eigenvalue weighted by atomic mass is 9.75. The van der Waals surface area contributed by atoms with Gasteiger partial charge in [0.1, 0.15) is 6.04 Å². The molecule has 1 saturated heterocycles. The standard InChI is InChI=1S/C15H23NO3/c1-15(2)9-6-10-16(12(15)14(18)19)13(17)11-7-4-3-5-8-11/h3-4,11-12H,5-10H2,1-2H3,(H,18,19). The van der Waals surface area contributed by atoms with Crippen molar-refractivity contribution in [2.45, 2.75) is 52.0 Å². The topological polar surface area (TPSA) is 57.6 Å². The SMILES string of the molecule is CC1(C)CCCN(C(=O)C2CC=CCC2)C1C(=O)O. The Balaban J connectivity index is 2.18. The van der Waals surface area contributed by atoms with Crippen molar-refractivity contribution in [3.8, 4) is 0 Å². The van der Waals surface area contributed by atoms with Crippen LogP contribution in [0.2, 0.25) is 0 Å². The predicted molar refractivity (Wildman–Crippen MR) is 72.6 cm³/mol. The van der Waals surface area contributed by atoms with Crippen LogP contribution in [0.3, 0.4) is 0 Å². The number of carboxylic acid groups (broad SMARTS) is 1. The van der Waals surface area contributed by atoms with Gasteiger partial charge in [0.25, 0.3) is 0 Å². The number of likely N-dealkylation sites (tertiary alicyclic amines) is 1. The monoisotopic (exact) mass is 265 g/mol. The van der Waals surface area contributed by atoms with E-state index in [2.05, 4.69) is 6.08 Å². The summed E-state index contributed by atoms with van der Waals surface area (Å²) in [4.78, 5) is 25.8. The lowest BCUT2D eigenvalue weighted by molar-refractivity contribution is -0.160. The number of hydrogen-bond acceptors (Lipinski definition) is 2. The number of nitrogens with zero attached hydrogens (tertiary/aromatic N) is 1. The highest BCUT2D eigenvalue weighted by Crippen LogP contribution is 2.37. The molecule has 19 heavy (non-hydrogen) atoms. The minimum atomic E-state index is -0.871. The molecule has 4 heteroatoms. The molecule has 0 aromatic heterocycles. The third kappa shape index (κ3) is 2.82. The van der Waals surface area contributed by atoms with E-state index < -0.39 is 12.0 Å². The molecule has 106 valence electrons. The highest BCUT2D eigenvalue weighted by Gasteiger charge is 2.45. The molecule has 1 amide bonds. The average Bonchev–Trinajstić information content (AvgIpc) is 2.37. The van der Waals surface area contributed by atoms with E-state index in [0.29, 0.717) is 6.54 Å². The van der Waals surface area contributed by atoms with Crippen LogP contribution in [-0.2, 0) is 9.59 Å². The van der Waals surface area contributed by atoms with Crippen molar-refractivity contribution in [1.29, 1.82) is 0 Å². The second-order valence-corrected chi connectivity index (χ2v) is 6.35. The number of carboxylic acids is 1. The molecule has 0 aromatic rings. The highest BCUT2D eigenvalue weighted by atomic mass is 16.4. The molecule has 0 radical (unpaired) electrons. The molecule has 1 fully saturated rings. The molecule has 0 spiro atoms. The minimum Gasteiger partial charge on any atom is -0.480 e. The van der Waals surface area contributed by atoms with Crippen LogP contribution < -0.4 is 0 Å². The Kier molecular flexibility index (Phi) is 3.97. The van der Waals surface area contributed by atoms with Crippen molar-refractivity contribution in [3.63, 3.8) is 0 Å². The van der Waals surface area contributed by atoms with Gasteiger partial charge in [0.15, 0.2) is 0 Å². The number of aliphatic carboxylic acids is 1. The summed E-state index contributed by atoms with van der Waals surface area (Å²) in [6.07, 6.45) is 8.41. The smallest absolute Gasteiger partial charge is 0.326 e. The number of hydrogen-bond donors (Lipinski definition) is 1. The molecule has 2 rings (SSSR count). The molecule has 1 aliphatic carbocycles. The molecule has 4 nitrogen and oxygen atoms in total. The lowest BCUT2D eigenvalue weighted by Gasteiger charge is -2.45. The van der Waals surface area contributed by atoms with E-state index in [4.69, 9.17) is 0 Å². The summed E-state index contributed by atoms with van der Waals surface area (Å²) in [6.45, 7) is 4.48. The van der Waals surface area contributed by atoms with Gasteiger partial charge in [-0.3, -0.25) is 4.79 Å². The molecule has 1 aliphatic heterocycles. The molecular formula is C15H23NO3. The maximum Gasteiger partial charge on any atom is 0.326 e. The van der Waals surface area contributed by atoms with Crippen LogP contribution in [0.25, 0.3) is 0 Å². The quantitative estimate of drug-likeness (QED) is 0.780. The van der Waals surface area contributed by atoms with E-state index in [1.807, 2.05) is 19.9 Å². The minimum absolute atomic E-state index is 0.0271. The molecular weight excluding hydrogens is 242 g/mol. The van der Waals surface area contributed by atoms with Crippen molar-refractivity contribution in [2.24, 2.45) is 11.3 Å². The van der Waals surface area contributed by atoms with Crippen LogP contribution in [0.5, 0.6) is 0 Å². The molecule has 1 heterocycles. The Morgan fingerprint density at radius 2 is 2.05 bits per heavy atom. The first-order chi connectivity index (χ1) is 8.93. The third-order valence-corrected chi connectivity index (χ3v) is 4.41. The van der Waals surface area contributed by atoms with Crippen LogP contribution in [0.1, 0.15) is 46.0 Å². The maximum absolute atomic E-state index is 12.6. The van der Waals surface area contributed by atoms with E-state index in [1.54, 1.807) is 4.90 Å². The fourth-order valence-electron chi connectivity index (χ4n) is 3.35. The van der Waals surface area contributed by atoms with Crippen molar-refractivity contribution in [2.75, 3.05) is 6.54 Å². The number of piperidine rings is 1. The lowest BCUT2D eigenvalue weighted by Crippen LogP contribution is -2.57. The van der Waals surface area contributed by atoms with Gasteiger partial charge in [-0.2, -0.15) is 0 Å². The zero-order valence-corrected chi connectivity index (χ0v) is 11.8. The number of rotatable bonds is 2. The Hall–Kier alpha value is -1.32. The van der Waals surface area contributed by atoms with Gasteiger partial charge in [0, 0.05) is 12.5 Å². The first-order valence-electron chi connectivity index (χ1n) is 7.12. The molecule has 2 aliphatic rings. The van der Waals surface area contributed by atoms with Gasteiger partial charge in [-0.15, -0.1) is 0 Å². The Labute approximate surface area is 114 Å². The van der Waals surface area contributed by atoms with Gasteiger partial charge in [-0.05, 0) is 37.5 Å². The number of carbonyl (C=O) groups excluding carboxylic acids is 1. The maximum atomic E-state index is 12.6. The predicted octanol–water partition coefficient (Wildman–Crippen LogP) is 2.44. The highest BCUT2D eigenvalue weighted by molar-refractivity contribution is 5.86. The van der Waals surface area contributed by atoms with Gasteiger partial charge in [0.05, 0.1) is 0 Å². The van der Waals surface area contributed by atoms with Crippen molar-refractivity contribution in [3.05, 3.63) is 12.2 Å². The summed E-state index contributed by atoms with van der Waals surface area (Å²) < 4.78 is 0. The average molecular weight is 265 g/mol. The molecule has 0 bridgehead atoms. The van der Waals surface area contributed by atoms with Crippen LogP contribution in [0.15, 0.2) is 12.2 Å². The van der Waals surface area contributed by atoms with Crippen LogP contribution in [-0.4, -0.2) is 34.5 Å². The van der Waals surface area contributed by atoms with E-state index in [-0.39, 0.29) is 17.2 Å². The molecule has 0 saturated carbocycles. The van der Waals surface area contributed by atoms with E-state index in [1.165, 1.54) is 0 Å². The molecule has 0 aromatic carbocycles. The first-order valence-corrected chi connectivity index (χ1v) is 7.12. The summed E-state index contributed by atoms with van der Waals surface area (Å²) >= 11 is 0. The van der Waals surface area contributed by atoms with Crippen molar-refractivity contribution >= 4 is 11.9 Å². The zero-order chi connectivity index (χ0) is 14.0. The van der Waals surface area contributed by atoms with Gasteiger partial charge < -0.3 is 10.0 Å². The summed E-state index contributed by atoms with van der Waals surface area (Å²) in [7, 11) is 0. The number of amides is 1. The largest absolute Gasteiger partial charge is 0.480 e. The summed E-state index contributed by atoms with van der Waals surface area (Å²) in [5, 5.41) is 9.48. The van der Waals surface area contributed by atoms with E-state index in [0.717, 1.165) is 32.1 Å². The zero-order valence-electron chi connectivity index (χ0n) is 11.8. The van der Waals surface area contributed by atoms with Crippen molar-refractivity contribution in [1.82, 2.24) is 4.90 Å². The van der Waals surface area contributed by atoms with Gasteiger partial charge >= 0.3 is 5.97 Å². The first kappa shape index (κ1) is 14.1. The van der Waals surface area contributed by atoms with E-state index in [9.17, 15) is 14.7 Å². The van der Waals surface area contributed by atoms with Crippen LogP contribution in [0.4, 0.5) is 0 Å². The normalized spacial score (nSPS) is 30.1. The fourth-order valence-corrected chi connectivity index (χ4v) is 3.35. The van der Waals surface area contributed by atoms with Crippen LogP contribution in [0, 0.1) is 11.3 Å². The van der Waals surface area contributed by atoms with E-state index >= 15 is 0 Å². The van der Waals surface area contributed by atoms with Gasteiger partial charge in [-0.25, -0.2) is 4.79 Å². The summed E-state index contributed by atoms with van der Waals surface area (Å²) in [5.74, 6) is -0.866. The van der Waals surface area contributed by atoms with Gasteiger partial charge in [0.2, 0.25) is 5.91 Å². The number of carbonyl (C=O) groups is 2. The van der Waals surface area contributed by atoms with Gasteiger partial charge in [-0.1, -0.05) is 26.0 Å². The molecule has 2 unspecified atom stereocenters. The molecule has 2 atom stereocenters. The summed E-state index contributed by atoms with van der Waals surface area (Å²) in [6, 6.07) is -0.681. The van der Waals surface area contributed by atoms with Crippen LogP contribution >= 0.6 is 0 Å². The van der Waals surface area contributed by atoms with Crippen molar-refractivity contribution < 1.29 is 14.7 Å². The second kappa shape index (κ2) is 5.35. The third-order valence-electron chi connectivity index (χ3n) is 4.41. The second-order valence-electron chi connectivity index (χ2n) is 6.35.